The van der Waals surface area contributed by atoms with Gasteiger partial charge in [0.1, 0.15) is 5.82 Å². The molecule has 0 bridgehead atoms. The zero-order valence-corrected chi connectivity index (χ0v) is 10.7. The summed E-state index contributed by atoms with van der Waals surface area (Å²) in [5.41, 5.74) is 6.72. The lowest BCUT2D eigenvalue weighted by Gasteiger charge is -2.29. The van der Waals surface area contributed by atoms with Crippen molar-refractivity contribution in [2.75, 3.05) is 36.8 Å². The van der Waals surface area contributed by atoms with Crippen molar-refractivity contribution in [1.82, 2.24) is 10.3 Å². The number of pyridine rings is 1. The fraction of sp³-hybridized carbons (Fsp3) is 0.308. The number of piperazine rings is 1. The van der Waals surface area contributed by atoms with Crippen LogP contribution in [-0.2, 0) is 0 Å². The number of anilines is 2. The van der Waals surface area contributed by atoms with Crippen LogP contribution < -0.4 is 16.0 Å². The summed E-state index contributed by atoms with van der Waals surface area (Å²) in [5, 5.41) is 6.04. The van der Waals surface area contributed by atoms with Gasteiger partial charge in [-0.05, 0) is 18.2 Å². The van der Waals surface area contributed by atoms with E-state index >= 15 is 0 Å². The second kappa shape index (κ2) is 4.63. The Morgan fingerprint density at radius 2 is 2.00 bits per heavy atom. The lowest BCUT2D eigenvalue weighted by molar-refractivity contribution is 0.586. The van der Waals surface area contributed by atoms with E-state index < -0.39 is 0 Å². The van der Waals surface area contributed by atoms with Crippen molar-refractivity contribution in [3.8, 4) is 0 Å². The van der Waals surface area contributed by atoms with Gasteiger partial charge in [-0.15, -0.1) is 0 Å². The number of hydrogen-bond acceptors (Lipinski definition) is 4. The predicted octanol–water partition coefficient (Wildman–Crippen LogP) is 1.88. The average molecular weight is 263 g/mol. The van der Waals surface area contributed by atoms with Crippen molar-refractivity contribution >= 4 is 33.9 Å². The molecule has 0 radical (unpaired) electrons. The molecule has 0 aliphatic carbocycles. The third-order valence-electron chi connectivity index (χ3n) is 3.27. The molecule has 1 fully saturated rings. The Kier molecular flexibility index (Phi) is 2.97. The van der Waals surface area contributed by atoms with Crippen LogP contribution in [0.4, 0.5) is 11.5 Å². The van der Waals surface area contributed by atoms with Gasteiger partial charge in [0.05, 0.1) is 0 Å². The summed E-state index contributed by atoms with van der Waals surface area (Å²) < 4.78 is 0. The Hall–Kier alpha value is -1.52. The first-order chi connectivity index (χ1) is 8.75. The Bertz CT molecular complexity index is 578. The van der Waals surface area contributed by atoms with Crippen LogP contribution in [0.15, 0.2) is 24.4 Å². The van der Waals surface area contributed by atoms with Crippen LogP contribution in [0, 0.1) is 0 Å². The summed E-state index contributed by atoms with van der Waals surface area (Å²) in [7, 11) is 0. The molecule has 4 nitrogen and oxygen atoms in total. The van der Waals surface area contributed by atoms with E-state index in [1.54, 1.807) is 6.07 Å². The van der Waals surface area contributed by atoms with Crippen LogP contribution in [0.25, 0.3) is 10.8 Å². The molecule has 2 aromatic rings. The van der Waals surface area contributed by atoms with Crippen LogP contribution in [0.5, 0.6) is 0 Å². The fourth-order valence-corrected chi connectivity index (χ4v) is 2.62. The lowest BCUT2D eigenvalue weighted by atomic mass is 10.1. The Morgan fingerprint density at radius 1 is 1.22 bits per heavy atom. The number of nitrogen functional groups attached to an aromatic ring is 1. The second-order valence-electron chi connectivity index (χ2n) is 4.46. The Morgan fingerprint density at radius 3 is 2.78 bits per heavy atom. The molecule has 1 saturated heterocycles. The van der Waals surface area contributed by atoms with Crippen LogP contribution in [0.1, 0.15) is 0 Å². The van der Waals surface area contributed by atoms with Gasteiger partial charge in [0.2, 0.25) is 0 Å². The van der Waals surface area contributed by atoms with Crippen LogP contribution in [0.2, 0.25) is 5.02 Å². The predicted molar refractivity (Wildman–Crippen MR) is 76.2 cm³/mol. The first kappa shape index (κ1) is 11.6. The molecule has 3 rings (SSSR count). The van der Waals surface area contributed by atoms with Crippen molar-refractivity contribution in [3.63, 3.8) is 0 Å². The van der Waals surface area contributed by atoms with Gasteiger partial charge in [-0.1, -0.05) is 11.6 Å². The molecule has 5 heteroatoms. The first-order valence-corrected chi connectivity index (χ1v) is 6.43. The molecule has 1 aromatic carbocycles. The maximum Gasteiger partial charge on any atom is 0.136 e. The highest BCUT2D eigenvalue weighted by molar-refractivity contribution is 6.32. The summed E-state index contributed by atoms with van der Waals surface area (Å²) in [4.78, 5) is 6.77. The molecular formula is C13H15ClN4. The number of nitrogens with one attached hydrogen (secondary N) is 1. The molecule has 0 saturated carbocycles. The molecule has 1 aromatic heterocycles. The van der Waals surface area contributed by atoms with E-state index in [0.717, 1.165) is 42.8 Å². The molecule has 0 unspecified atom stereocenters. The van der Waals surface area contributed by atoms with Gasteiger partial charge in [0, 0.05) is 53.9 Å². The Labute approximate surface area is 111 Å². The third kappa shape index (κ3) is 1.98. The zero-order chi connectivity index (χ0) is 12.5. The number of nitrogens with two attached hydrogens (primary N) is 1. The van der Waals surface area contributed by atoms with Crippen LogP contribution >= 0.6 is 11.6 Å². The number of hydrogen-bond donors (Lipinski definition) is 2. The standard InChI is InChI=1S/C13H15ClN4/c14-9-7-11-10(12(15)8-9)1-2-17-13(11)18-5-3-16-4-6-18/h1-2,7-8,16H,3-6,15H2. The second-order valence-corrected chi connectivity index (χ2v) is 4.90. The molecule has 0 spiro atoms. The van der Waals surface area contributed by atoms with Gasteiger partial charge >= 0.3 is 0 Å². The minimum absolute atomic E-state index is 0.657. The minimum Gasteiger partial charge on any atom is -0.398 e. The van der Waals surface area contributed by atoms with Crippen molar-refractivity contribution in [2.45, 2.75) is 0 Å². The quantitative estimate of drug-likeness (QED) is 0.771. The molecule has 1 aliphatic heterocycles. The Balaban J connectivity index is 2.16. The van der Waals surface area contributed by atoms with Crippen molar-refractivity contribution in [2.24, 2.45) is 0 Å². The molecule has 3 N–H and O–H groups in total. The van der Waals surface area contributed by atoms with E-state index in [1.165, 1.54) is 0 Å². The van der Waals surface area contributed by atoms with Crippen molar-refractivity contribution in [3.05, 3.63) is 29.4 Å². The van der Waals surface area contributed by atoms with Crippen molar-refractivity contribution in [1.29, 1.82) is 0 Å². The van der Waals surface area contributed by atoms with Gasteiger partial charge < -0.3 is 16.0 Å². The minimum atomic E-state index is 0.657. The van der Waals surface area contributed by atoms with Gasteiger partial charge in [0.15, 0.2) is 0 Å². The van der Waals surface area contributed by atoms with E-state index in [1.807, 2.05) is 18.3 Å². The summed E-state index contributed by atoms with van der Waals surface area (Å²) in [6.45, 7) is 3.87. The molecule has 18 heavy (non-hydrogen) atoms. The fourth-order valence-electron chi connectivity index (χ4n) is 2.39. The normalized spacial score (nSPS) is 16.2. The van der Waals surface area contributed by atoms with E-state index in [-0.39, 0.29) is 0 Å². The summed E-state index contributed by atoms with van der Waals surface area (Å²) in [6, 6.07) is 5.66. The lowest BCUT2D eigenvalue weighted by Crippen LogP contribution is -2.43. The van der Waals surface area contributed by atoms with Crippen LogP contribution in [-0.4, -0.2) is 31.2 Å². The highest BCUT2D eigenvalue weighted by Gasteiger charge is 2.15. The summed E-state index contributed by atoms with van der Waals surface area (Å²) in [5.74, 6) is 0.975. The van der Waals surface area contributed by atoms with Gasteiger partial charge in [-0.2, -0.15) is 0 Å². The summed E-state index contributed by atoms with van der Waals surface area (Å²) >= 11 is 6.10. The van der Waals surface area contributed by atoms with Crippen molar-refractivity contribution < 1.29 is 0 Å². The van der Waals surface area contributed by atoms with E-state index in [4.69, 9.17) is 17.3 Å². The number of aromatic nitrogens is 1. The molecule has 2 heterocycles. The largest absolute Gasteiger partial charge is 0.398 e. The molecule has 94 valence electrons. The van der Waals surface area contributed by atoms with Gasteiger partial charge in [-0.3, -0.25) is 0 Å². The highest BCUT2D eigenvalue weighted by atomic mass is 35.5. The van der Waals surface area contributed by atoms with Gasteiger partial charge in [-0.25, -0.2) is 4.98 Å². The van der Waals surface area contributed by atoms with Crippen LogP contribution in [0.3, 0.4) is 0 Å². The number of benzene rings is 1. The van der Waals surface area contributed by atoms with E-state index in [0.29, 0.717) is 10.7 Å². The SMILES string of the molecule is Nc1cc(Cl)cc2c(N3CCNCC3)nccc12. The molecule has 0 atom stereocenters. The monoisotopic (exact) mass is 262 g/mol. The third-order valence-corrected chi connectivity index (χ3v) is 3.49. The maximum atomic E-state index is 6.10. The molecule has 1 aliphatic rings. The average Bonchev–Trinajstić information content (AvgIpc) is 2.39. The number of halogens is 1. The summed E-state index contributed by atoms with van der Waals surface area (Å²) in [6.07, 6.45) is 1.81. The van der Waals surface area contributed by atoms with E-state index in [9.17, 15) is 0 Å². The number of rotatable bonds is 1. The van der Waals surface area contributed by atoms with E-state index in [2.05, 4.69) is 15.2 Å². The highest BCUT2D eigenvalue weighted by Crippen LogP contribution is 2.31. The first-order valence-electron chi connectivity index (χ1n) is 6.05. The number of fused-ring (bicyclic) bond motifs is 1. The molecule has 0 amide bonds. The smallest absolute Gasteiger partial charge is 0.136 e. The maximum absolute atomic E-state index is 6.10. The molecular weight excluding hydrogens is 248 g/mol. The topological polar surface area (TPSA) is 54.2 Å². The zero-order valence-electron chi connectivity index (χ0n) is 9.99. The van der Waals surface area contributed by atoms with Gasteiger partial charge in [0.25, 0.3) is 0 Å². The number of nitrogens with zero attached hydrogens (tertiary/aromatic N) is 2.